The van der Waals surface area contributed by atoms with Crippen molar-refractivity contribution in [2.75, 3.05) is 9.80 Å². The van der Waals surface area contributed by atoms with Gasteiger partial charge in [0.05, 0.1) is 29.1 Å². The number of anilines is 2. The number of dihydropyridines is 1. The van der Waals surface area contributed by atoms with E-state index in [1.807, 2.05) is 54.6 Å². The molecule has 1 unspecified atom stereocenters. The van der Waals surface area contributed by atoms with Gasteiger partial charge in [-0.05, 0) is 67.8 Å². The minimum absolute atomic E-state index is 0.151. The predicted molar refractivity (Wildman–Crippen MR) is 148 cm³/mol. The molecule has 0 amide bonds. The standard InChI is InChI=1S/C31H26N6/c1-3-8-23(15-21(2)19-33)37-29-13-5-4-12-26(29)27-18-30-28(35-31(27)37)17-25(11-7-14-32)36(30)24-10-6-9-22(16-24)20-34/h3-16,18,31,35H,1,17,32H2,2H3/b14-7-,21-15+,23-8+,25-11+. The van der Waals surface area contributed by atoms with Crippen molar-refractivity contribution in [2.24, 2.45) is 5.73 Å². The Morgan fingerprint density at radius 1 is 1.19 bits per heavy atom. The molecule has 2 aromatic rings. The van der Waals surface area contributed by atoms with Crippen molar-refractivity contribution in [2.45, 2.75) is 19.5 Å². The molecule has 6 nitrogen and oxygen atoms in total. The van der Waals surface area contributed by atoms with Gasteiger partial charge in [-0.25, -0.2) is 0 Å². The van der Waals surface area contributed by atoms with E-state index >= 15 is 0 Å². The van der Waals surface area contributed by atoms with E-state index in [-0.39, 0.29) is 6.17 Å². The normalized spacial score (nSPS) is 19.7. The fourth-order valence-electron chi connectivity index (χ4n) is 5.06. The molecule has 0 saturated carbocycles. The molecule has 5 rings (SSSR count). The number of benzene rings is 2. The molecule has 6 heteroatoms. The van der Waals surface area contributed by atoms with Gasteiger partial charge in [-0.2, -0.15) is 10.5 Å². The van der Waals surface area contributed by atoms with Gasteiger partial charge in [-0.3, -0.25) is 0 Å². The number of hydrogen-bond donors (Lipinski definition) is 2. The number of nitrogens with zero attached hydrogens (tertiary/aromatic N) is 4. The fourth-order valence-corrected chi connectivity index (χ4v) is 5.06. The Hall–Kier alpha value is -5.20. The van der Waals surface area contributed by atoms with Gasteiger partial charge in [-0.15, -0.1) is 0 Å². The first kappa shape index (κ1) is 23.5. The minimum atomic E-state index is -0.151. The van der Waals surface area contributed by atoms with E-state index in [9.17, 15) is 10.5 Å². The van der Waals surface area contributed by atoms with Gasteiger partial charge in [0.2, 0.25) is 0 Å². The molecule has 0 spiro atoms. The number of nitrogens with two attached hydrogens (primary N) is 1. The predicted octanol–water partition coefficient (Wildman–Crippen LogP) is 5.71. The maximum absolute atomic E-state index is 9.49. The van der Waals surface area contributed by atoms with Crippen molar-refractivity contribution >= 4 is 16.9 Å². The summed E-state index contributed by atoms with van der Waals surface area (Å²) in [6, 6.07) is 20.4. The molecule has 3 heterocycles. The maximum Gasteiger partial charge on any atom is 0.131 e. The average Bonchev–Trinajstić information content (AvgIpc) is 3.44. The van der Waals surface area contributed by atoms with Crippen LogP contribution in [0.1, 0.15) is 24.5 Å². The molecule has 0 fully saturated rings. The van der Waals surface area contributed by atoms with E-state index in [2.05, 4.69) is 52.0 Å². The number of para-hydroxylation sites is 1. The topological polar surface area (TPSA) is 92.1 Å². The number of nitriles is 2. The second-order valence-electron chi connectivity index (χ2n) is 8.88. The van der Waals surface area contributed by atoms with Crippen LogP contribution in [-0.2, 0) is 0 Å². The first-order valence-electron chi connectivity index (χ1n) is 12.0. The van der Waals surface area contributed by atoms with Crippen LogP contribution in [0.3, 0.4) is 0 Å². The Labute approximate surface area is 217 Å². The summed E-state index contributed by atoms with van der Waals surface area (Å²) >= 11 is 0. The lowest BCUT2D eigenvalue weighted by atomic mass is 10.0. The number of nitrogens with one attached hydrogen (secondary N) is 1. The second-order valence-corrected chi connectivity index (χ2v) is 8.88. The number of fused-ring (bicyclic) bond motifs is 3. The molecule has 3 aliphatic rings. The summed E-state index contributed by atoms with van der Waals surface area (Å²) in [6.07, 6.45) is 13.7. The van der Waals surface area contributed by atoms with E-state index in [1.165, 1.54) is 6.20 Å². The number of allylic oxidation sites excluding steroid dienone is 7. The molecule has 0 aliphatic carbocycles. The smallest absolute Gasteiger partial charge is 0.131 e. The Balaban J connectivity index is 1.66. The van der Waals surface area contributed by atoms with Crippen LogP contribution in [-0.4, -0.2) is 6.17 Å². The van der Waals surface area contributed by atoms with Crippen molar-refractivity contribution < 1.29 is 0 Å². The summed E-state index contributed by atoms with van der Waals surface area (Å²) in [5, 5.41) is 22.7. The maximum atomic E-state index is 9.49. The summed E-state index contributed by atoms with van der Waals surface area (Å²) in [6.45, 7) is 5.70. The van der Waals surface area contributed by atoms with Gasteiger partial charge in [0.25, 0.3) is 0 Å². The molecule has 0 aromatic heterocycles. The molecule has 3 aliphatic heterocycles. The van der Waals surface area contributed by atoms with Gasteiger partial charge in [0.15, 0.2) is 0 Å². The lowest BCUT2D eigenvalue weighted by Crippen LogP contribution is -2.43. The zero-order chi connectivity index (χ0) is 25.9. The van der Waals surface area contributed by atoms with Crippen LogP contribution < -0.4 is 20.9 Å². The summed E-state index contributed by atoms with van der Waals surface area (Å²) < 4.78 is 0. The Bertz CT molecular complexity index is 1550. The summed E-state index contributed by atoms with van der Waals surface area (Å²) in [7, 11) is 0. The van der Waals surface area contributed by atoms with E-state index < -0.39 is 0 Å². The molecule has 2 aromatic carbocycles. The molecule has 0 bridgehead atoms. The lowest BCUT2D eigenvalue weighted by molar-refractivity contribution is 0.674. The lowest BCUT2D eigenvalue weighted by Gasteiger charge is -2.33. The molecule has 3 N–H and O–H groups in total. The second kappa shape index (κ2) is 9.81. The SMILES string of the molecule is C=C/C=C(\C=C(/C)C#N)N1c2ccccc2C2=CC3=C(C/C(=C\C=C/N)N3c3cccc(C#N)c3)NC21. The zero-order valence-corrected chi connectivity index (χ0v) is 20.5. The van der Waals surface area contributed by atoms with Crippen LogP contribution in [0.25, 0.3) is 5.57 Å². The highest BCUT2D eigenvalue weighted by molar-refractivity contribution is 5.93. The highest BCUT2D eigenvalue weighted by Gasteiger charge is 2.41. The molecular weight excluding hydrogens is 456 g/mol. The van der Waals surface area contributed by atoms with Crippen LogP contribution in [0.2, 0.25) is 0 Å². The third kappa shape index (κ3) is 4.11. The monoisotopic (exact) mass is 482 g/mol. The van der Waals surface area contributed by atoms with E-state index in [1.54, 1.807) is 19.1 Å². The van der Waals surface area contributed by atoms with E-state index in [4.69, 9.17) is 5.73 Å². The Morgan fingerprint density at radius 3 is 2.78 bits per heavy atom. The number of rotatable bonds is 5. The van der Waals surface area contributed by atoms with Crippen LogP contribution in [0.4, 0.5) is 11.4 Å². The van der Waals surface area contributed by atoms with Crippen molar-refractivity contribution in [1.29, 1.82) is 10.5 Å². The van der Waals surface area contributed by atoms with E-state index in [0.717, 1.165) is 45.3 Å². The summed E-state index contributed by atoms with van der Waals surface area (Å²) in [4.78, 5) is 4.40. The van der Waals surface area contributed by atoms with Crippen LogP contribution >= 0.6 is 0 Å². The molecule has 37 heavy (non-hydrogen) atoms. The largest absolute Gasteiger partial charge is 0.405 e. The van der Waals surface area contributed by atoms with Crippen molar-refractivity contribution in [3.8, 4) is 12.1 Å². The van der Waals surface area contributed by atoms with Crippen LogP contribution in [0.15, 0.2) is 126 Å². The molecule has 180 valence electrons. The van der Waals surface area contributed by atoms with Gasteiger partial charge < -0.3 is 20.9 Å². The Kier molecular flexibility index (Phi) is 6.24. The van der Waals surface area contributed by atoms with Crippen molar-refractivity contribution in [3.63, 3.8) is 0 Å². The van der Waals surface area contributed by atoms with Crippen molar-refractivity contribution in [1.82, 2.24) is 5.32 Å². The molecule has 0 saturated heterocycles. The highest BCUT2D eigenvalue weighted by atomic mass is 15.3. The quantitative estimate of drug-likeness (QED) is 0.419. The molecular formula is C31H26N6. The first-order valence-corrected chi connectivity index (χ1v) is 12.0. The fraction of sp³-hybridized carbons (Fsp3) is 0.0968. The van der Waals surface area contributed by atoms with Crippen LogP contribution in [0, 0.1) is 22.7 Å². The van der Waals surface area contributed by atoms with Crippen LogP contribution in [0.5, 0.6) is 0 Å². The van der Waals surface area contributed by atoms with Crippen molar-refractivity contribution in [3.05, 3.63) is 137 Å². The van der Waals surface area contributed by atoms with Gasteiger partial charge in [-0.1, -0.05) is 36.9 Å². The summed E-state index contributed by atoms with van der Waals surface area (Å²) in [5.74, 6) is 0. The summed E-state index contributed by atoms with van der Waals surface area (Å²) in [5.41, 5.74) is 15.1. The van der Waals surface area contributed by atoms with E-state index in [0.29, 0.717) is 17.6 Å². The molecule has 1 atom stereocenters. The highest BCUT2D eigenvalue weighted by Crippen LogP contribution is 2.48. The molecule has 0 radical (unpaired) electrons. The minimum Gasteiger partial charge on any atom is -0.405 e. The van der Waals surface area contributed by atoms with Gasteiger partial charge in [0, 0.05) is 45.9 Å². The zero-order valence-electron chi connectivity index (χ0n) is 20.5. The first-order chi connectivity index (χ1) is 18.1. The third-order valence-electron chi connectivity index (χ3n) is 6.57. The van der Waals surface area contributed by atoms with Gasteiger partial charge >= 0.3 is 0 Å². The number of hydrogen-bond acceptors (Lipinski definition) is 6. The average molecular weight is 483 g/mol. The third-order valence-corrected chi connectivity index (χ3v) is 6.57. The van der Waals surface area contributed by atoms with Gasteiger partial charge in [0.1, 0.15) is 6.17 Å². The Morgan fingerprint density at radius 2 is 2.03 bits per heavy atom.